The number of anilines is 1. The number of benzene rings is 2. The van der Waals surface area contributed by atoms with Crippen LogP contribution in [0.5, 0.6) is 5.75 Å². The summed E-state index contributed by atoms with van der Waals surface area (Å²) < 4.78 is 19.4. The number of aromatic hydroxyl groups is 1. The number of amides is 1. The van der Waals surface area contributed by atoms with E-state index < -0.39 is 22.5 Å². The molecule has 0 radical (unpaired) electrons. The molecule has 12 heteroatoms. The first-order valence-electron chi connectivity index (χ1n) is 10.5. The van der Waals surface area contributed by atoms with Crippen molar-refractivity contribution in [3.63, 3.8) is 0 Å². The van der Waals surface area contributed by atoms with Gasteiger partial charge in [0, 0.05) is 42.2 Å². The number of fused-ring (bicyclic) bond motifs is 1. The Hall–Kier alpha value is -4.25. The lowest BCUT2D eigenvalue weighted by molar-refractivity contribution is -0.402. The fourth-order valence-corrected chi connectivity index (χ4v) is 4.36. The molecule has 0 bridgehead atoms. The van der Waals surface area contributed by atoms with Gasteiger partial charge in [-0.05, 0) is 30.3 Å². The molecule has 1 amide bonds. The molecule has 2 aromatic carbocycles. The molecule has 0 unspecified atom stereocenters. The van der Waals surface area contributed by atoms with Gasteiger partial charge in [0.25, 0.3) is 5.91 Å². The van der Waals surface area contributed by atoms with Crippen LogP contribution in [0, 0.1) is 15.9 Å². The molecule has 10 nitrogen and oxygen atoms in total. The van der Waals surface area contributed by atoms with Crippen LogP contribution in [0.2, 0.25) is 5.02 Å². The van der Waals surface area contributed by atoms with Gasteiger partial charge in [0.2, 0.25) is 0 Å². The van der Waals surface area contributed by atoms with Gasteiger partial charge in [0.05, 0.1) is 17.1 Å². The van der Waals surface area contributed by atoms with Crippen molar-refractivity contribution in [1.82, 2.24) is 14.9 Å². The first-order chi connectivity index (χ1) is 16.8. The second-order valence-electron chi connectivity index (χ2n) is 7.85. The third-order valence-electron chi connectivity index (χ3n) is 5.81. The Bertz CT molecular complexity index is 1450. The summed E-state index contributed by atoms with van der Waals surface area (Å²) in [5.74, 6) is -1.25. The van der Waals surface area contributed by atoms with Crippen LogP contribution in [-0.4, -0.2) is 57.0 Å². The molecular formula is C23H17ClFN5O5. The molecule has 0 aliphatic carbocycles. The monoisotopic (exact) mass is 497 g/mol. The third-order valence-corrected chi connectivity index (χ3v) is 6.13. The quantitative estimate of drug-likeness (QED) is 0.327. The van der Waals surface area contributed by atoms with E-state index in [2.05, 4.69) is 9.97 Å². The number of nitrogens with zero attached hydrogens (tertiary/aromatic N) is 5. The number of furan rings is 1. The van der Waals surface area contributed by atoms with Gasteiger partial charge in [0.15, 0.2) is 5.76 Å². The van der Waals surface area contributed by atoms with E-state index >= 15 is 0 Å². The standard InChI is InChI=1S/C23H17ClFN5O5/c24-15-10-14-17(11-13(15)21-16(25)2-1-3-18(21)31)26-12-27-22(14)28-6-8-29(9-7-28)23(32)19-4-5-20(35-19)30(33)34/h1-5,10-12,31H,6-9H2. The zero-order chi connectivity index (χ0) is 24.7. The fraction of sp³-hybridized carbons (Fsp3) is 0.174. The number of aromatic nitrogens is 2. The summed E-state index contributed by atoms with van der Waals surface area (Å²) in [5, 5.41) is 21.8. The smallest absolute Gasteiger partial charge is 0.433 e. The number of nitro groups is 1. The van der Waals surface area contributed by atoms with Gasteiger partial charge in [-0.3, -0.25) is 14.9 Å². The van der Waals surface area contributed by atoms with Crippen LogP contribution in [0.25, 0.3) is 22.0 Å². The summed E-state index contributed by atoms with van der Waals surface area (Å²) in [6.45, 7) is 1.56. The molecule has 178 valence electrons. The maximum Gasteiger partial charge on any atom is 0.433 e. The molecule has 1 saturated heterocycles. The molecule has 0 atom stereocenters. The Morgan fingerprint density at radius 2 is 1.91 bits per heavy atom. The van der Waals surface area contributed by atoms with Crippen molar-refractivity contribution in [1.29, 1.82) is 0 Å². The average molecular weight is 498 g/mol. The zero-order valence-corrected chi connectivity index (χ0v) is 18.8. The van der Waals surface area contributed by atoms with Crippen LogP contribution in [0.15, 0.2) is 53.2 Å². The molecule has 0 saturated carbocycles. The lowest BCUT2D eigenvalue weighted by Gasteiger charge is -2.35. The van der Waals surface area contributed by atoms with Gasteiger partial charge < -0.3 is 19.3 Å². The van der Waals surface area contributed by atoms with Crippen molar-refractivity contribution < 1.29 is 23.6 Å². The van der Waals surface area contributed by atoms with Crippen LogP contribution in [0.4, 0.5) is 16.1 Å². The molecule has 4 aromatic rings. The van der Waals surface area contributed by atoms with Crippen molar-refractivity contribution in [2.24, 2.45) is 0 Å². The topological polar surface area (TPSA) is 126 Å². The Morgan fingerprint density at radius 1 is 1.14 bits per heavy atom. The summed E-state index contributed by atoms with van der Waals surface area (Å²) in [5.41, 5.74) is 0.811. The van der Waals surface area contributed by atoms with Crippen LogP contribution < -0.4 is 4.90 Å². The minimum absolute atomic E-state index is 0.00940. The maximum atomic E-state index is 14.4. The van der Waals surface area contributed by atoms with Gasteiger partial charge in [-0.2, -0.15) is 0 Å². The number of carbonyl (C=O) groups is 1. The molecule has 3 heterocycles. The highest BCUT2D eigenvalue weighted by molar-refractivity contribution is 6.34. The summed E-state index contributed by atoms with van der Waals surface area (Å²) in [4.78, 5) is 35.0. The number of phenols is 1. The SMILES string of the molecule is O=C(c1ccc([N+](=O)[O-])o1)N1CCN(c2ncnc3cc(-c4c(O)cccc4F)c(Cl)cc23)CC1. The van der Waals surface area contributed by atoms with Crippen molar-refractivity contribution in [3.8, 4) is 16.9 Å². The number of phenolic OH excluding ortho intramolecular Hbond substituents is 1. The molecular weight excluding hydrogens is 481 g/mol. The predicted molar refractivity (Wildman–Crippen MR) is 125 cm³/mol. The normalized spacial score (nSPS) is 13.9. The van der Waals surface area contributed by atoms with E-state index in [0.717, 1.165) is 6.07 Å². The number of hydrogen-bond acceptors (Lipinski definition) is 8. The number of carbonyl (C=O) groups excluding carboxylic acids is 1. The maximum absolute atomic E-state index is 14.4. The van der Waals surface area contributed by atoms with Crippen molar-refractivity contribution in [2.75, 3.05) is 31.1 Å². The van der Waals surface area contributed by atoms with Crippen molar-refractivity contribution in [3.05, 3.63) is 75.5 Å². The Morgan fingerprint density at radius 3 is 2.60 bits per heavy atom. The zero-order valence-electron chi connectivity index (χ0n) is 18.0. The second-order valence-corrected chi connectivity index (χ2v) is 8.26. The molecule has 5 rings (SSSR count). The Balaban J connectivity index is 1.39. The molecule has 1 N–H and O–H groups in total. The minimum Gasteiger partial charge on any atom is -0.507 e. The first-order valence-corrected chi connectivity index (χ1v) is 10.9. The number of piperazine rings is 1. The Labute approximate surface area is 202 Å². The highest BCUT2D eigenvalue weighted by atomic mass is 35.5. The number of hydrogen-bond donors (Lipinski definition) is 1. The molecule has 1 fully saturated rings. The Kier molecular flexibility index (Phi) is 5.69. The van der Waals surface area contributed by atoms with Crippen molar-refractivity contribution in [2.45, 2.75) is 0 Å². The fourth-order valence-electron chi connectivity index (χ4n) is 4.10. The molecule has 35 heavy (non-hydrogen) atoms. The third kappa shape index (κ3) is 4.10. The van der Waals surface area contributed by atoms with Crippen LogP contribution in [-0.2, 0) is 0 Å². The van der Waals surface area contributed by atoms with Gasteiger partial charge in [-0.15, -0.1) is 0 Å². The molecule has 0 spiro atoms. The largest absolute Gasteiger partial charge is 0.507 e. The highest BCUT2D eigenvalue weighted by Crippen LogP contribution is 2.39. The van der Waals surface area contributed by atoms with E-state index in [1.54, 1.807) is 17.0 Å². The van der Waals surface area contributed by atoms with Crippen LogP contribution in [0.1, 0.15) is 10.6 Å². The summed E-state index contributed by atoms with van der Waals surface area (Å²) in [7, 11) is 0. The second kappa shape index (κ2) is 8.84. The van der Waals surface area contributed by atoms with Gasteiger partial charge in [-0.25, -0.2) is 14.4 Å². The van der Waals surface area contributed by atoms with E-state index in [1.165, 1.54) is 30.6 Å². The van der Waals surface area contributed by atoms with Gasteiger partial charge in [-0.1, -0.05) is 17.7 Å². The van der Waals surface area contributed by atoms with Crippen LogP contribution in [0.3, 0.4) is 0 Å². The summed E-state index contributed by atoms with van der Waals surface area (Å²) in [6, 6.07) is 9.69. The lowest BCUT2D eigenvalue weighted by Crippen LogP contribution is -2.49. The summed E-state index contributed by atoms with van der Waals surface area (Å²) >= 11 is 6.49. The minimum atomic E-state index is -0.695. The predicted octanol–water partition coefficient (Wildman–Crippen LogP) is 4.26. The van der Waals surface area contributed by atoms with Gasteiger partial charge in [0.1, 0.15) is 28.6 Å². The highest BCUT2D eigenvalue weighted by Gasteiger charge is 2.27. The van der Waals surface area contributed by atoms with E-state index in [1.807, 2.05) is 4.90 Å². The first kappa shape index (κ1) is 22.5. The van der Waals surface area contributed by atoms with Crippen molar-refractivity contribution >= 4 is 40.1 Å². The molecule has 1 aliphatic rings. The van der Waals surface area contributed by atoms with E-state index in [-0.39, 0.29) is 22.1 Å². The average Bonchev–Trinajstić information content (AvgIpc) is 3.34. The van der Waals surface area contributed by atoms with E-state index in [9.17, 15) is 24.4 Å². The van der Waals surface area contributed by atoms with Crippen LogP contribution >= 0.6 is 11.6 Å². The number of rotatable bonds is 4. The summed E-state index contributed by atoms with van der Waals surface area (Å²) in [6.07, 6.45) is 1.38. The van der Waals surface area contributed by atoms with E-state index in [4.69, 9.17) is 16.0 Å². The lowest BCUT2D eigenvalue weighted by atomic mass is 10.0. The number of halogens is 2. The van der Waals surface area contributed by atoms with E-state index in [0.29, 0.717) is 48.5 Å². The molecule has 2 aromatic heterocycles. The molecule has 1 aliphatic heterocycles. The van der Waals surface area contributed by atoms with Gasteiger partial charge >= 0.3 is 5.88 Å².